The van der Waals surface area contributed by atoms with Crippen LogP contribution >= 0.6 is 0 Å². The first-order valence-electron chi connectivity index (χ1n) is 5.03. The largest absolute Gasteiger partial charge is 0.381 e. The molecule has 0 spiro atoms. The van der Waals surface area contributed by atoms with E-state index in [1.165, 1.54) is 0 Å². The van der Waals surface area contributed by atoms with Gasteiger partial charge in [0.2, 0.25) is 0 Å². The van der Waals surface area contributed by atoms with E-state index in [2.05, 4.69) is 39.8 Å². The zero-order chi connectivity index (χ0) is 11.2. The number of methoxy groups -OCH3 is 1. The highest BCUT2D eigenvalue weighted by molar-refractivity contribution is 4.98. The molecule has 0 fully saturated rings. The molecule has 0 aliphatic carbocycles. The number of rotatable bonds is 5. The Hall–Kier alpha value is -0.810. The lowest BCUT2D eigenvalue weighted by Gasteiger charge is -2.35. The Morgan fingerprint density at radius 1 is 1.43 bits per heavy atom. The Kier molecular flexibility index (Phi) is 5.49. The lowest BCUT2D eigenvalue weighted by Crippen LogP contribution is -2.33. The molecule has 0 aromatic heterocycles. The normalized spacial score (nSPS) is 16.6. The first-order chi connectivity index (χ1) is 6.46. The number of hydrogen-bond donors (Lipinski definition) is 0. The molecule has 0 aromatic carbocycles. The Bertz CT molecular complexity index is 225. The Labute approximate surface area is 87.6 Å². The lowest BCUT2D eigenvalue weighted by atomic mass is 9.75. The molecule has 2 nitrogen and oxygen atoms in total. The summed E-state index contributed by atoms with van der Waals surface area (Å²) < 4.78 is 5.34. The van der Waals surface area contributed by atoms with Crippen LogP contribution in [0.2, 0.25) is 0 Å². The molecule has 14 heavy (non-hydrogen) atoms. The number of ether oxygens (including phenoxy) is 1. The third kappa shape index (κ3) is 3.51. The highest BCUT2D eigenvalue weighted by Crippen LogP contribution is 2.32. The van der Waals surface area contributed by atoms with Crippen molar-refractivity contribution in [3.05, 3.63) is 12.2 Å². The fraction of sp³-hybridized carbons (Fsp3) is 0.750. The molecular weight excluding hydrogens is 174 g/mol. The number of allylic oxidation sites excluding steroid dienone is 2. The molecule has 80 valence electrons. The van der Waals surface area contributed by atoms with Crippen LogP contribution < -0.4 is 0 Å². The molecule has 0 radical (unpaired) electrons. The molecule has 0 aliphatic rings. The zero-order valence-electron chi connectivity index (χ0n) is 9.87. The Morgan fingerprint density at radius 2 is 2.00 bits per heavy atom. The minimum Gasteiger partial charge on any atom is -0.381 e. The van der Waals surface area contributed by atoms with Crippen LogP contribution in [0.25, 0.3) is 0 Å². The summed E-state index contributed by atoms with van der Waals surface area (Å²) in [6.07, 6.45) is 4.72. The van der Waals surface area contributed by atoms with E-state index in [-0.39, 0.29) is 11.5 Å². The van der Waals surface area contributed by atoms with E-state index in [9.17, 15) is 0 Å². The fourth-order valence-corrected chi connectivity index (χ4v) is 1.25. The quantitative estimate of drug-likeness (QED) is 0.631. The van der Waals surface area contributed by atoms with Gasteiger partial charge in [-0.15, -0.1) is 0 Å². The monoisotopic (exact) mass is 195 g/mol. The Morgan fingerprint density at radius 3 is 2.43 bits per heavy atom. The summed E-state index contributed by atoms with van der Waals surface area (Å²) >= 11 is 0. The van der Waals surface area contributed by atoms with Crippen LogP contribution in [-0.2, 0) is 4.74 Å². The Balaban J connectivity index is 4.35. The molecule has 0 aliphatic heterocycles. The van der Waals surface area contributed by atoms with E-state index in [0.717, 1.165) is 0 Å². The van der Waals surface area contributed by atoms with Gasteiger partial charge in [0.05, 0.1) is 18.6 Å². The second-order valence-corrected chi connectivity index (χ2v) is 4.28. The zero-order valence-corrected chi connectivity index (χ0v) is 9.87. The van der Waals surface area contributed by atoms with Crippen molar-refractivity contribution in [2.75, 3.05) is 7.11 Å². The molecule has 0 saturated carbocycles. The van der Waals surface area contributed by atoms with Crippen molar-refractivity contribution >= 4 is 0 Å². The van der Waals surface area contributed by atoms with Gasteiger partial charge in [-0.1, -0.05) is 32.9 Å². The second kappa shape index (κ2) is 5.82. The average Bonchev–Trinajstić information content (AvgIpc) is 2.16. The summed E-state index contributed by atoms with van der Waals surface area (Å²) in [6.45, 7) is 8.60. The van der Waals surface area contributed by atoms with Crippen molar-refractivity contribution in [1.82, 2.24) is 0 Å². The van der Waals surface area contributed by atoms with Crippen molar-refractivity contribution in [3.63, 3.8) is 0 Å². The molecule has 0 N–H and O–H groups in total. The summed E-state index contributed by atoms with van der Waals surface area (Å²) in [5, 5.41) is 8.41. The summed E-state index contributed by atoms with van der Waals surface area (Å²) in [5.41, 5.74) is 0.0979. The molecule has 2 heteroatoms. The first kappa shape index (κ1) is 13.2. The fourth-order valence-electron chi connectivity index (χ4n) is 1.25. The van der Waals surface area contributed by atoms with Crippen molar-refractivity contribution in [3.8, 4) is 6.07 Å². The molecule has 2 atom stereocenters. The number of hydrogen-bond acceptors (Lipinski definition) is 2. The van der Waals surface area contributed by atoms with Gasteiger partial charge in [-0.3, -0.25) is 0 Å². The summed E-state index contributed by atoms with van der Waals surface area (Å²) in [6, 6.07) is 2.10. The van der Waals surface area contributed by atoms with Gasteiger partial charge < -0.3 is 4.74 Å². The molecule has 0 saturated heterocycles. The van der Waals surface area contributed by atoms with Crippen molar-refractivity contribution < 1.29 is 4.74 Å². The molecule has 0 unspecified atom stereocenters. The average molecular weight is 195 g/mol. The molecule has 0 aromatic rings. The maximum Gasteiger partial charge on any atom is 0.0663 e. The molecule has 0 bridgehead atoms. The minimum atomic E-state index is 0.0979. The van der Waals surface area contributed by atoms with Crippen molar-refractivity contribution in [1.29, 1.82) is 5.26 Å². The predicted octanol–water partition coefficient (Wildman–Crippen LogP) is 3.15. The highest BCUT2D eigenvalue weighted by Gasteiger charge is 2.30. The standard InChI is InChI=1S/C12H21NO/c1-10(8-6-7-9-13)12(3,4)11(2)14-5/h6,8,10-11H,7H2,1-5H3/b8-6+/t10-,11-/m0/s1. The second-order valence-electron chi connectivity index (χ2n) is 4.28. The molecule has 0 amide bonds. The van der Waals surface area contributed by atoms with Gasteiger partial charge in [-0.25, -0.2) is 0 Å². The SMILES string of the molecule is CO[C@@H](C)C(C)(C)[C@@H](C)/C=C/CC#N. The van der Waals surface area contributed by atoms with Crippen molar-refractivity contribution in [2.45, 2.75) is 40.2 Å². The molecule has 0 heterocycles. The van der Waals surface area contributed by atoms with E-state index in [1.54, 1.807) is 7.11 Å². The van der Waals surface area contributed by atoms with Crippen LogP contribution in [0.1, 0.15) is 34.1 Å². The van der Waals surface area contributed by atoms with Crippen molar-refractivity contribution in [2.24, 2.45) is 11.3 Å². The summed E-state index contributed by atoms with van der Waals surface area (Å²) in [4.78, 5) is 0. The van der Waals surface area contributed by atoms with E-state index >= 15 is 0 Å². The smallest absolute Gasteiger partial charge is 0.0663 e. The van der Waals surface area contributed by atoms with E-state index < -0.39 is 0 Å². The van der Waals surface area contributed by atoms with E-state index in [4.69, 9.17) is 10.00 Å². The van der Waals surface area contributed by atoms with Gasteiger partial charge >= 0.3 is 0 Å². The van der Waals surface area contributed by atoms with E-state index in [0.29, 0.717) is 12.3 Å². The third-order valence-corrected chi connectivity index (χ3v) is 3.21. The van der Waals surface area contributed by atoms with Crippen LogP contribution in [0.5, 0.6) is 0 Å². The third-order valence-electron chi connectivity index (χ3n) is 3.21. The van der Waals surface area contributed by atoms with Gasteiger partial charge in [0.25, 0.3) is 0 Å². The number of nitrogens with zero attached hydrogens (tertiary/aromatic N) is 1. The molecule has 0 rings (SSSR count). The van der Waals surface area contributed by atoms with Crippen LogP contribution in [0.4, 0.5) is 0 Å². The topological polar surface area (TPSA) is 33.0 Å². The predicted molar refractivity (Wildman–Crippen MR) is 58.8 cm³/mol. The maximum absolute atomic E-state index is 8.41. The number of nitriles is 1. The maximum atomic E-state index is 8.41. The lowest BCUT2D eigenvalue weighted by molar-refractivity contribution is 0.00110. The first-order valence-corrected chi connectivity index (χ1v) is 5.03. The molecular formula is C12H21NO. The summed E-state index contributed by atoms with van der Waals surface area (Å²) in [7, 11) is 1.73. The van der Waals surface area contributed by atoms with Gasteiger partial charge in [0.1, 0.15) is 0 Å². The van der Waals surface area contributed by atoms with Gasteiger partial charge in [-0.05, 0) is 18.3 Å². The van der Waals surface area contributed by atoms with Crippen LogP contribution in [-0.4, -0.2) is 13.2 Å². The van der Waals surface area contributed by atoms with E-state index in [1.807, 2.05) is 6.08 Å². The minimum absolute atomic E-state index is 0.0979. The van der Waals surface area contributed by atoms with Gasteiger partial charge in [0, 0.05) is 7.11 Å². The van der Waals surface area contributed by atoms with Gasteiger partial charge in [-0.2, -0.15) is 5.26 Å². The van der Waals surface area contributed by atoms with Crippen LogP contribution in [0, 0.1) is 22.7 Å². The highest BCUT2D eigenvalue weighted by atomic mass is 16.5. The van der Waals surface area contributed by atoms with Crippen LogP contribution in [0.3, 0.4) is 0 Å². The van der Waals surface area contributed by atoms with Crippen LogP contribution in [0.15, 0.2) is 12.2 Å². The summed E-state index contributed by atoms with van der Waals surface area (Å²) in [5.74, 6) is 0.408. The van der Waals surface area contributed by atoms with Gasteiger partial charge in [0.15, 0.2) is 0 Å².